The van der Waals surface area contributed by atoms with Crippen LogP contribution >= 0.6 is 0 Å². The van der Waals surface area contributed by atoms with Crippen molar-refractivity contribution in [1.29, 1.82) is 0 Å². The van der Waals surface area contributed by atoms with E-state index < -0.39 is 17.6 Å². The number of anilines is 2. The highest BCUT2D eigenvalue weighted by Gasteiger charge is 2.34. The number of aromatic nitrogens is 2. The van der Waals surface area contributed by atoms with E-state index in [1.54, 1.807) is 0 Å². The molecule has 0 radical (unpaired) electrons. The van der Waals surface area contributed by atoms with Crippen LogP contribution in [0, 0.1) is 12.7 Å². The standard InChI is InChI=1S/C14H13F4N3/c1-8-7-21(10-3-4-10)13(19-8)20-9-2-5-12(15)11(6-9)14(16,17)18/h2,5-7,10H,3-4H2,1H3,(H,19,20). The highest BCUT2D eigenvalue weighted by molar-refractivity contribution is 5.56. The minimum absolute atomic E-state index is 0.163. The zero-order chi connectivity index (χ0) is 15.2. The van der Waals surface area contributed by atoms with Crippen molar-refractivity contribution in [2.75, 3.05) is 5.32 Å². The van der Waals surface area contributed by atoms with Crippen LogP contribution in [0.25, 0.3) is 0 Å². The molecule has 1 N–H and O–H groups in total. The molecule has 0 aliphatic heterocycles. The zero-order valence-electron chi connectivity index (χ0n) is 11.2. The van der Waals surface area contributed by atoms with E-state index in [1.807, 2.05) is 17.7 Å². The van der Waals surface area contributed by atoms with Crippen LogP contribution in [-0.2, 0) is 6.18 Å². The Labute approximate surface area is 118 Å². The summed E-state index contributed by atoms with van der Waals surface area (Å²) in [6.45, 7) is 1.82. The zero-order valence-corrected chi connectivity index (χ0v) is 11.2. The molecule has 2 aromatic rings. The third-order valence-electron chi connectivity index (χ3n) is 3.32. The quantitative estimate of drug-likeness (QED) is 0.850. The van der Waals surface area contributed by atoms with Crippen LogP contribution in [0.4, 0.5) is 29.2 Å². The molecule has 21 heavy (non-hydrogen) atoms. The normalized spacial score (nSPS) is 15.3. The first-order chi connectivity index (χ1) is 9.84. The number of imidazole rings is 1. The molecule has 0 unspecified atom stereocenters. The van der Waals surface area contributed by atoms with Gasteiger partial charge in [0.25, 0.3) is 0 Å². The van der Waals surface area contributed by atoms with Gasteiger partial charge in [-0.15, -0.1) is 0 Å². The second-order valence-corrected chi connectivity index (χ2v) is 5.16. The first-order valence-corrected chi connectivity index (χ1v) is 6.54. The van der Waals surface area contributed by atoms with Gasteiger partial charge in [0, 0.05) is 17.9 Å². The number of aryl methyl sites for hydroxylation is 1. The van der Waals surface area contributed by atoms with Gasteiger partial charge in [0.15, 0.2) is 0 Å². The summed E-state index contributed by atoms with van der Waals surface area (Å²) in [6.07, 6.45) is -0.804. The highest BCUT2D eigenvalue weighted by atomic mass is 19.4. The number of benzene rings is 1. The van der Waals surface area contributed by atoms with Gasteiger partial charge in [0.1, 0.15) is 5.82 Å². The largest absolute Gasteiger partial charge is 0.419 e. The maximum atomic E-state index is 13.3. The van der Waals surface area contributed by atoms with E-state index >= 15 is 0 Å². The Morgan fingerprint density at radius 1 is 1.29 bits per heavy atom. The van der Waals surface area contributed by atoms with Gasteiger partial charge in [-0.1, -0.05) is 0 Å². The Bertz CT molecular complexity index is 671. The van der Waals surface area contributed by atoms with E-state index in [9.17, 15) is 17.6 Å². The van der Waals surface area contributed by atoms with Gasteiger partial charge >= 0.3 is 6.18 Å². The molecule has 0 atom stereocenters. The highest BCUT2D eigenvalue weighted by Crippen LogP contribution is 2.38. The predicted octanol–water partition coefficient (Wildman–Crippen LogP) is 4.43. The molecule has 1 aromatic heterocycles. The molecule has 1 fully saturated rings. The van der Waals surface area contributed by atoms with Gasteiger partial charge in [-0.25, -0.2) is 9.37 Å². The number of nitrogens with zero attached hydrogens (tertiary/aromatic N) is 2. The van der Waals surface area contributed by atoms with Gasteiger partial charge < -0.3 is 9.88 Å². The van der Waals surface area contributed by atoms with Crippen LogP contribution in [0.15, 0.2) is 24.4 Å². The molecule has 0 spiro atoms. The Morgan fingerprint density at radius 3 is 2.62 bits per heavy atom. The maximum absolute atomic E-state index is 13.3. The van der Waals surface area contributed by atoms with Gasteiger partial charge in [0.05, 0.1) is 11.3 Å². The number of hydrogen-bond donors (Lipinski definition) is 1. The molecule has 0 amide bonds. The lowest BCUT2D eigenvalue weighted by molar-refractivity contribution is -0.139. The summed E-state index contributed by atoms with van der Waals surface area (Å²) in [5, 5.41) is 2.84. The molecule has 3 nitrogen and oxygen atoms in total. The molecule has 1 aliphatic carbocycles. The van der Waals surface area contributed by atoms with Gasteiger partial charge in [-0.05, 0) is 38.0 Å². The number of alkyl halides is 3. The smallest absolute Gasteiger partial charge is 0.326 e. The first kappa shape index (κ1) is 13.9. The van der Waals surface area contributed by atoms with Crippen LogP contribution in [0.2, 0.25) is 0 Å². The molecule has 1 saturated carbocycles. The fourth-order valence-corrected chi connectivity index (χ4v) is 2.19. The average Bonchev–Trinajstić information content (AvgIpc) is 3.15. The van der Waals surface area contributed by atoms with E-state index in [0.717, 1.165) is 30.7 Å². The number of rotatable bonds is 3. The first-order valence-electron chi connectivity index (χ1n) is 6.54. The van der Waals surface area contributed by atoms with Crippen LogP contribution in [0.5, 0.6) is 0 Å². The van der Waals surface area contributed by atoms with Crippen LogP contribution in [0.1, 0.15) is 30.1 Å². The van der Waals surface area contributed by atoms with Crippen molar-refractivity contribution in [3.05, 3.63) is 41.5 Å². The summed E-state index contributed by atoms with van der Waals surface area (Å²) in [4.78, 5) is 4.26. The van der Waals surface area contributed by atoms with Crippen molar-refractivity contribution < 1.29 is 17.6 Å². The van der Waals surface area contributed by atoms with Crippen molar-refractivity contribution >= 4 is 11.6 Å². The van der Waals surface area contributed by atoms with E-state index in [2.05, 4.69) is 10.3 Å². The average molecular weight is 299 g/mol. The minimum atomic E-state index is -4.72. The lowest BCUT2D eigenvalue weighted by Crippen LogP contribution is -2.09. The number of halogens is 4. The van der Waals surface area contributed by atoms with Gasteiger partial charge in [-0.2, -0.15) is 13.2 Å². The third kappa shape index (κ3) is 2.86. The molecule has 0 bridgehead atoms. The molecule has 3 rings (SSSR count). The van der Waals surface area contributed by atoms with E-state index in [-0.39, 0.29) is 5.69 Å². The summed E-state index contributed by atoms with van der Waals surface area (Å²) < 4.78 is 53.3. The van der Waals surface area contributed by atoms with Crippen molar-refractivity contribution in [3.8, 4) is 0 Å². The second-order valence-electron chi connectivity index (χ2n) is 5.16. The van der Waals surface area contributed by atoms with E-state index in [4.69, 9.17) is 0 Å². The number of hydrogen-bond acceptors (Lipinski definition) is 2. The molecule has 112 valence electrons. The van der Waals surface area contributed by atoms with Crippen molar-refractivity contribution in [2.24, 2.45) is 0 Å². The molecular weight excluding hydrogens is 286 g/mol. The Hall–Kier alpha value is -2.05. The van der Waals surface area contributed by atoms with Crippen LogP contribution in [0.3, 0.4) is 0 Å². The van der Waals surface area contributed by atoms with Crippen molar-refractivity contribution in [1.82, 2.24) is 9.55 Å². The third-order valence-corrected chi connectivity index (χ3v) is 3.32. The summed E-state index contributed by atoms with van der Waals surface area (Å²) in [5.41, 5.74) is -0.340. The molecule has 1 aliphatic rings. The summed E-state index contributed by atoms with van der Waals surface area (Å²) in [5.74, 6) is -0.801. The van der Waals surface area contributed by atoms with Gasteiger partial charge in [0.2, 0.25) is 5.95 Å². The summed E-state index contributed by atoms with van der Waals surface area (Å²) >= 11 is 0. The molecule has 7 heteroatoms. The molecular formula is C14H13F4N3. The van der Waals surface area contributed by atoms with Crippen LogP contribution in [-0.4, -0.2) is 9.55 Å². The summed E-state index contributed by atoms with van der Waals surface area (Å²) in [7, 11) is 0. The fraction of sp³-hybridized carbons (Fsp3) is 0.357. The molecule has 1 aromatic carbocycles. The van der Waals surface area contributed by atoms with Crippen molar-refractivity contribution in [2.45, 2.75) is 32.0 Å². The molecule has 0 saturated heterocycles. The van der Waals surface area contributed by atoms with Gasteiger partial charge in [-0.3, -0.25) is 0 Å². The number of nitrogens with one attached hydrogen (secondary N) is 1. The summed E-state index contributed by atoms with van der Waals surface area (Å²) in [6, 6.07) is 3.18. The van der Waals surface area contributed by atoms with Crippen molar-refractivity contribution in [3.63, 3.8) is 0 Å². The second kappa shape index (κ2) is 4.75. The van der Waals surface area contributed by atoms with E-state index in [0.29, 0.717) is 12.0 Å². The Kier molecular flexibility index (Phi) is 3.15. The SMILES string of the molecule is Cc1cn(C2CC2)c(Nc2ccc(F)c(C(F)(F)F)c2)n1. The topological polar surface area (TPSA) is 29.9 Å². The monoisotopic (exact) mass is 299 g/mol. The Morgan fingerprint density at radius 2 is 2.00 bits per heavy atom. The predicted molar refractivity (Wildman–Crippen MR) is 69.9 cm³/mol. The Balaban J connectivity index is 1.92. The maximum Gasteiger partial charge on any atom is 0.419 e. The minimum Gasteiger partial charge on any atom is -0.326 e. The van der Waals surface area contributed by atoms with E-state index in [1.165, 1.54) is 6.07 Å². The lowest BCUT2D eigenvalue weighted by Gasteiger charge is -2.12. The lowest BCUT2D eigenvalue weighted by atomic mass is 10.2. The fourth-order valence-electron chi connectivity index (χ4n) is 2.19. The molecule has 1 heterocycles. The van der Waals surface area contributed by atoms with Crippen LogP contribution < -0.4 is 5.32 Å².